The van der Waals surface area contributed by atoms with Gasteiger partial charge < -0.3 is 0 Å². The highest BCUT2D eigenvalue weighted by atomic mass is 19.2. The first-order valence-corrected chi connectivity index (χ1v) is 9.64. The molecule has 0 amide bonds. The molecule has 3 atom stereocenters. The van der Waals surface area contributed by atoms with Crippen LogP contribution in [-0.4, -0.2) is 13.1 Å². The Hall–Kier alpha value is -1.17. The molecule has 0 fully saturated rings. The molecule has 1 rings (SSSR count). The van der Waals surface area contributed by atoms with Crippen LogP contribution < -0.4 is 4.90 Å². The molecule has 3 unspecified atom stereocenters. The lowest BCUT2D eigenvalue weighted by Gasteiger charge is -2.24. The topological polar surface area (TPSA) is 4.44 Å². The Balaban J connectivity index is 2.96. The van der Waals surface area contributed by atoms with Crippen molar-refractivity contribution in [3.8, 4) is 0 Å². The molecule has 0 aliphatic rings. The first kappa shape index (κ1) is 22.9. The molecule has 0 saturated carbocycles. The zero-order valence-electron chi connectivity index (χ0n) is 16.2. The Morgan fingerprint density at radius 2 is 1.27 bits per heavy atom. The quantitative estimate of drug-likeness (QED) is 0.292. The van der Waals surface area contributed by atoms with Gasteiger partial charge in [-0.1, -0.05) is 47.0 Å². The van der Waals surface area contributed by atoms with Crippen molar-refractivity contribution in [1.29, 1.82) is 0 Å². The minimum atomic E-state index is -2.10. The van der Waals surface area contributed by atoms with E-state index in [1.807, 2.05) is 13.8 Å². The number of halogens is 5. The minimum Gasteiger partial charge on any atom is -0.297 e. The summed E-state index contributed by atoms with van der Waals surface area (Å²) in [5.41, 5.74) is -0.726. The van der Waals surface area contributed by atoms with Crippen molar-refractivity contribution in [3.63, 3.8) is 0 Å². The van der Waals surface area contributed by atoms with Crippen LogP contribution in [0.3, 0.4) is 0 Å². The number of hydrogen-bond acceptors (Lipinski definition) is 0. The van der Waals surface area contributed by atoms with Crippen LogP contribution in [-0.2, 0) is 0 Å². The molecule has 1 N–H and O–H groups in total. The molecular weight excluding hydrogens is 349 g/mol. The van der Waals surface area contributed by atoms with E-state index >= 15 is 0 Å². The summed E-state index contributed by atoms with van der Waals surface area (Å²) in [6, 6.07) is 0. The number of hydrogen-bond donors (Lipinski definition) is 1. The van der Waals surface area contributed by atoms with Gasteiger partial charge in [-0.2, -0.15) is 8.78 Å². The van der Waals surface area contributed by atoms with Gasteiger partial charge in [-0.25, -0.2) is 13.2 Å². The molecule has 1 nitrogen and oxygen atoms in total. The Labute approximate surface area is 153 Å². The molecule has 0 bridgehead atoms. The van der Waals surface area contributed by atoms with Crippen molar-refractivity contribution in [2.75, 3.05) is 13.1 Å². The summed E-state index contributed by atoms with van der Waals surface area (Å²) < 4.78 is 68.7. The third kappa shape index (κ3) is 5.66. The Morgan fingerprint density at radius 1 is 0.731 bits per heavy atom. The number of quaternary nitrogens is 1. The highest BCUT2D eigenvalue weighted by Gasteiger charge is 2.33. The van der Waals surface area contributed by atoms with Gasteiger partial charge in [0.05, 0.1) is 13.1 Å². The van der Waals surface area contributed by atoms with Crippen molar-refractivity contribution in [1.82, 2.24) is 0 Å². The molecule has 1 aromatic rings. The zero-order chi connectivity index (χ0) is 19.9. The summed E-state index contributed by atoms with van der Waals surface area (Å²) >= 11 is 0. The Kier molecular flexibility index (Phi) is 9.55. The Bertz CT molecular complexity index is 547. The molecule has 0 aliphatic heterocycles. The summed E-state index contributed by atoms with van der Waals surface area (Å²) in [6.45, 7) is 8.74. The van der Waals surface area contributed by atoms with Crippen LogP contribution in [0.4, 0.5) is 27.6 Å². The maximum atomic E-state index is 14.2. The van der Waals surface area contributed by atoms with E-state index < -0.39 is 34.8 Å². The Morgan fingerprint density at radius 3 is 1.73 bits per heavy atom. The molecule has 26 heavy (non-hydrogen) atoms. The van der Waals surface area contributed by atoms with Crippen LogP contribution in [0.1, 0.15) is 66.2 Å². The maximum Gasteiger partial charge on any atom is 0.225 e. The van der Waals surface area contributed by atoms with Crippen LogP contribution in [0.25, 0.3) is 0 Å². The van der Waals surface area contributed by atoms with E-state index in [4.69, 9.17) is 0 Å². The first-order chi connectivity index (χ1) is 12.3. The second kappa shape index (κ2) is 10.9. The average molecular weight is 380 g/mol. The third-order valence-electron chi connectivity index (χ3n) is 5.05. The van der Waals surface area contributed by atoms with Crippen LogP contribution in [0, 0.1) is 40.9 Å². The molecule has 0 aliphatic carbocycles. The van der Waals surface area contributed by atoms with Crippen LogP contribution in [0.5, 0.6) is 0 Å². The number of nitrogens with one attached hydrogen (secondary N) is 1. The van der Waals surface area contributed by atoms with Gasteiger partial charge in [0.2, 0.25) is 34.8 Å². The van der Waals surface area contributed by atoms with Crippen LogP contribution in [0.2, 0.25) is 0 Å². The zero-order valence-corrected chi connectivity index (χ0v) is 16.2. The number of benzene rings is 1. The summed E-state index contributed by atoms with van der Waals surface area (Å²) in [4.78, 5) is 0.316. The van der Waals surface area contributed by atoms with E-state index in [0.717, 1.165) is 32.1 Å². The third-order valence-corrected chi connectivity index (χ3v) is 5.05. The van der Waals surface area contributed by atoms with E-state index in [1.54, 1.807) is 0 Å². The normalized spacial score (nSPS) is 15.1. The van der Waals surface area contributed by atoms with Crippen molar-refractivity contribution in [3.05, 3.63) is 29.1 Å². The van der Waals surface area contributed by atoms with E-state index in [1.165, 1.54) is 0 Å². The first-order valence-electron chi connectivity index (χ1n) is 9.64. The molecular formula is C20H31F5N+. The predicted molar refractivity (Wildman–Crippen MR) is 94.0 cm³/mol. The largest absolute Gasteiger partial charge is 0.297 e. The van der Waals surface area contributed by atoms with E-state index in [9.17, 15) is 22.0 Å². The van der Waals surface area contributed by atoms with Crippen LogP contribution in [0.15, 0.2) is 0 Å². The SMILES string of the molecule is CCCC(CC)CCC(C)C[NH+](CCC)c1c(F)c(F)c(F)c(F)c1F. The second-order valence-corrected chi connectivity index (χ2v) is 7.25. The van der Waals surface area contributed by atoms with E-state index in [-0.39, 0.29) is 5.92 Å². The number of rotatable bonds is 11. The van der Waals surface area contributed by atoms with Gasteiger partial charge in [0.1, 0.15) is 0 Å². The molecule has 0 saturated heterocycles. The molecule has 0 aromatic heterocycles. The summed E-state index contributed by atoms with van der Waals surface area (Å²) in [5, 5.41) is 0. The summed E-state index contributed by atoms with van der Waals surface area (Å²) in [6.07, 6.45) is 5.82. The maximum absolute atomic E-state index is 14.2. The average Bonchev–Trinajstić information content (AvgIpc) is 2.62. The monoisotopic (exact) mass is 380 g/mol. The standard InChI is InChI=1S/C20H30F5N/c1-5-8-14(7-3)10-9-13(4)12-26(11-6-2)20-18(24)16(22)15(21)17(23)19(20)25/h13-14H,5-12H2,1-4H3/p+1. The predicted octanol–water partition coefficient (Wildman–Crippen LogP) is 5.55. The molecule has 1 aromatic carbocycles. The second-order valence-electron chi connectivity index (χ2n) is 7.25. The molecule has 0 heterocycles. The van der Waals surface area contributed by atoms with Gasteiger partial charge in [-0.05, 0) is 25.2 Å². The van der Waals surface area contributed by atoms with E-state index in [2.05, 4.69) is 13.8 Å². The molecule has 6 heteroatoms. The molecule has 150 valence electrons. The van der Waals surface area contributed by atoms with Gasteiger partial charge in [0, 0.05) is 5.92 Å². The summed E-state index contributed by atoms with van der Waals surface area (Å²) in [5.74, 6) is -8.52. The van der Waals surface area contributed by atoms with Crippen molar-refractivity contribution >= 4 is 5.69 Å². The van der Waals surface area contributed by atoms with Crippen molar-refractivity contribution in [2.24, 2.45) is 11.8 Å². The highest BCUT2D eigenvalue weighted by Crippen LogP contribution is 2.25. The van der Waals surface area contributed by atoms with Gasteiger partial charge >= 0.3 is 0 Å². The fourth-order valence-electron chi connectivity index (χ4n) is 3.55. The lowest BCUT2D eigenvalue weighted by molar-refractivity contribution is -0.839. The summed E-state index contributed by atoms with van der Waals surface area (Å²) in [7, 11) is 0. The molecule has 0 radical (unpaired) electrons. The minimum absolute atomic E-state index is 0.123. The fourth-order valence-corrected chi connectivity index (χ4v) is 3.55. The van der Waals surface area contributed by atoms with Crippen molar-refractivity contribution < 1.29 is 26.9 Å². The highest BCUT2D eigenvalue weighted by molar-refractivity contribution is 5.35. The van der Waals surface area contributed by atoms with Crippen LogP contribution >= 0.6 is 0 Å². The van der Waals surface area contributed by atoms with Gasteiger partial charge in [0.15, 0.2) is 0 Å². The smallest absolute Gasteiger partial charge is 0.225 e. The lowest BCUT2D eigenvalue weighted by atomic mass is 9.91. The van der Waals surface area contributed by atoms with Gasteiger partial charge in [0.25, 0.3) is 0 Å². The molecule has 0 spiro atoms. The fraction of sp³-hybridized carbons (Fsp3) is 0.700. The van der Waals surface area contributed by atoms with Gasteiger partial charge in [-0.3, -0.25) is 4.90 Å². The lowest BCUT2D eigenvalue weighted by Crippen LogP contribution is -3.08. The van der Waals surface area contributed by atoms with Crippen molar-refractivity contribution in [2.45, 2.75) is 66.2 Å². The van der Waals surface area contributed by atoms with E-state index in [0.29, 0.717) is 30.3 Å². The van der Waals surface area contributed by atoms with Gasteiger partial charge in [-0.15, -0.1) is 0 Å².